The van der Waals surface area contributed by atoms with Crippen LogP contribution in [0.15, 0.2) is 17.7 Å². The average Bonchev–Trinajstić information content (AvgIpc) is 2.67. The summed E-state index contributed by atoms with van der Waals surface area (Å²) in [5.41, 5.74) is 1.34. The number of carboxylic acid groups (broad SMARTS) is 1. The van der Waals surface area contributed by atoms with Crippen molar-refractivity contribution in [3.8, 4) is 6.07 Å². The SMILES string of the molecule is Cc1cc2c(s1)/C(=C(\C#N)C(=O)O)C=C2. The Morgan fingerprint density at radius 2 is 2.27 bits per heavy atom. The first-order valence-corrected chi connectivity index (χ1v) is 5.11. The highest BCUT2D eigenvalue weighted by molar-refractivity contribution is 7.13. The van der Waals surface area contributed by atoms with E-state index >= 15 is 0 Å². The van der Waals surface area contributed by atoms with Crippen LogP contribution in [0.3, 0.4) is 0 Å². The van der Waals surface area contributed by atoms with Gasteiger partial charge in [0.05, 0.1) is 0 Å². The van der Waals surface area contributed by atoms with Crippen molar-refractivity contribution in [3.63, 3.8) is 0 Å². The van der Waals surface area contributed by atoms with Crippen LogP contribution in [0.2, 0.25) is 0 Å². The molecule has 0 radical (unpaired) electrons. The van der Waals surface area contributed by atoms with Crippen LogP contribution in [0.1, 0.15) is 15.3 Å². The van der Waals surface area contributed by atoms with Gasteiger partial charge in [-0.05, 0) is 18.6 Å². The third kappa shape index (κ3) is 1.47. The molecule has 1 aliphatic rings. The Morgan fingerprint density at radius 1 is 1.53 bits per heavy atom. The third-order valence-corrected chi connectivity index (χ3v) is 3.25. The molecule has 74 valence electrons. The summed E-state index contributed by atoms with van der Waals surface area (Å²) in [7, 11) is 0. The van der Waals surface area contributed by atoms with E-state index in [4.69, 9.17) is 10.4 Å². The van der Waals surface area contributed by atoms with E-state index in [9.17, 15) is 4.79 Å². The van der Waals surface area contributed by atoms with Crippen molar-refractivity contribution in [2.75, 3.05) is 0 Å². The quantitative estimate of drug-likeness (QED) is 0.580. The normalized spacial score (nSPS) is 16.0. The maximum atomic E-state index is 10.8. The summed E-state index contributed by atoms with van der Waals surface area (Å²) in [6.45, 7) is 1.96. The van der Waals surface area contributed by atoms with E-state index in [0.29, 0.717) is 5.57 Å². The highest BCUT2D eigenvalue weighted by Gasteiger charge is 2.21. The summed E-state index contributed by atoms with van der Waals surface area (Å²) in [4.78, 5) is 12.8. The zero-order chi connectivity index (χ0) is 11.0. The molecule has 0 saturated carbocycles. The van der Waals surface area contributed by atoms with Crippen LogP contribution in [-0.2, 0) is 4.79 Å². The zero-order valence-electron chi connectivity index (χ0n) is 7.94. The summed E-state index contributed by atoms with van der Waals surface area (Å²) in [5, 5.41) is 17.6. The van der Waals surface area contributed by atoms with Gasteiger partial charge in [-0.3, -0.25) is 0 Å². The number of nitriles is 1. The summed E-state index contributed by atoms with van der Waals surface area (Å²) in [5.74, 6) is -1.17. The van der Waals surface area contributed by atoms with Crippen LogP contribution in [0, 0.1) is 18.3 Å². The molecule has 0 saturated heterocycles. The number of rotatable bonds is 1. The van der Waals surface area contributed by atoms with Crippen molar-refractivity contribution in [2.24, 2.45) is 0 Å². The predicted molar refractivity (Wildman–Crippen MR) is 58.3 cm³/mol. The number of hydrogen-bond acceptors (Lipinski definition) is 3. The van der Waals surface area contributed by atoms with Gasteiger partial charge in [-0.25, -0.2) is 4.79 Å². The Morgan fingerprint density at radius 3 is 2.87 bits per heavy atom. The zero-order valence-corrected chi connectivity index (χ0v) is 8.76. The van der Waals surface area contributed by atoms with Crippen LogP contribution >= 0.6 is 11.3 Å². The molecule has 1 aliphatic carbocycles. The van der Waals surface area contributed by atoms with Gasteiger partial charge in [0, 0.05) is 15.3 Å². The first-order chi connectivity index (χ1) is 7.13. The molecule has 0 unspecified atom stereocenters. The highest BCUT2D eigenvalue weighted by atomic mass is 32.1. The van der Waals surface area contributed by atoms with E-state index in [-0.39, 0.29) is 5.57 Å². The summed E-state index contributed by atoms with van der Waals surface area (Å²) >= 11 is 1.51. The monoisotopic (exact) mass is 217 g/mol. The Hall–Kier alpha value is -1.86. The van der Waals surface area contributed by atoms with Crippen molar-refractivity contribution < 1.29 is 9.90 Å². The van der Waals surface area contributed by atoms with Gasteiger partial charge < -0.3 is 5.11 Å². The van der Waals surface area contributed by atoms with Crippen molar-refractivity contribution in [1.29, 1.82) is 5.26 Å². The van der Waals surface area contributed by atoms with Crippen molar-refractivity contribution in [3.05, 3.63) is 33.0 Å². The molecule has 0 spiro atoms. The van der Waals surface area contributed by atoms with Crippen LogP contribution in [-0.4, -0.2) is 11.1 Å². The molecule has 0 amide bonds. The van der Waals surface area contributed by atoms with Gasteiger partial charge in [0.15, 0.2) is 0 Å². The number of allylic oxidation sites excluding steroid dienone is 2. The lowest BCUT2D eigenvalue weighted by atomic mass is 10.1. The lowest BCUT2D eigenvalue weighted by Crippen LogP contribution is -1.99. The van der Waals surface area contributed by atoms with E-state index in [1.807, 2.05) is 19.1 Å². The van der Waals surface area contributed by atoms with Crippen LogP contribution < -0.4 is 0 Å². The summed E-state index contributed by atoms with van der Waals surface area (Å²) in [6, 6.07) is 3.72. The Balaban J connectivity index is 2.65. The van der Waals surface area contributed by atoms with E-state index in [0.717, 1.165) is 15.3 Å². The van der Waals surface area contributed by atoms with E-state index in [1.165, 1.54) is 11.3 Å². The topological polar surface area (TPSA) is 61.1 Å². The first kappa shape index (κ1) is 9.69. The van der Waals surface area contributed by atoms with Crippen molar-refractivity contribution >= 4 is 29.0 Å². The molecule has 4 heteroatoms. The third-order valence-electron chi connectivity index (χ3n) is 2.15. The molecule has 0 aromatic carbocycles. The fourth-order valence-corrected chi connectivity index (χ4v) is 2.57. The van der Waals surface area contributed by atoms with Crippen molar-refractivity contribution in [2.45, 2.75) is 6.92 Å². The van der Waals surface area contributed by atoms with E-state index in [1.54, 1.807) is 12.1 Å². The summed E-state index contributed by atoms with van der Waals surface area (Å²) in [6.07, 6.45) is 3.53. The van der Waals surface area contributed by atoms with Crippen LogP contribution in [0.5, 0.6) is 0 Å². The number of carboxylic acids is 1. The Bertz CT molecular complexity index is 543. The molecule has 15 heavy (non-hydrogen) atoms. The number of fused-ring (bicyclic) bond motifs is 1. The minimum Gasteiger partial charge on any atom is -0.477 e. The molecular weight excluding hydrogens is 210 g/mol. The van der Waals surface area contributed by atoms with Gasteiger partial charge in [0.2, 0.25) is 0 Å². The molecule has 1 N–H and O–H groups in total. The predicted octanol–water partition coefficient (Wildman–Crippen LogP) is 2.45. The number of nitrogens with zero attached hydrogens (tertiary/aromatic N) is 1. The second kappa shape index (κ2) is 3.37. The molecule has 1 heterocycles. The number of aryl methyl sites for hydroxylation is 1. The number of aliphatic carboxylic acids is 1. The van der Waals surface area contributed by atoms with Gasteiger partial charge in [0.1, 0.15) is 11.6 Å². The molecule has 0 atom stereocenters. The molecule has 0 fully saturated rings. The highest BCUT2D eigenvalue weighted by Crippen LogP contribution is 2.37. The fourth-order valence-electron chi connectivity index (χ4n) is 1.54. The fraction of sp³-hybridized carbons (Fsp3) is 0.0909. The smallest absolute Gasteiger partial charge is 0.347 e. The van der Waals surface area contributed by atoms with Gasteiger partial charge >= 0.3 is 5.97 Å². The van der Waals surface area contributed by atoms with E-state index in [2.05, 4.69) is 0 Å². The largest absolute Gasteiger partial charge is 0.477 e. The minimum absolute atomic E-state index is 0.188. The summed E-state index contributed by atoms with van der Waals surface area (Å²) < 4.78 is 0. The minimum atomic E-state index is -1.17. The number of thiophene rings is 1. The van der Waals surface area contributed by atoms with Crippen LogP contribution in [0.25, 0.3) is 11.6 Å². The molecule has 2 rings (SSSR count). The maximum absolute atomic E-state index is 10.8. The number of carbonyl (C=O) groups is 1. The molecular formula is C11H7NO2S. The van der Waals surface area contributed by atoms with Gasteiger partial charge in [-0.2, -0.15) is 5.26 Å². The molecule has 1 aromatic heterocycles. The molecule has 0 aliphatic heterocycles. The molecule has 3 nitrogen and oxygen atoms in total. The molecule has 0 bridgehead atoms. The lowest BCUT2D eigenvalue weighted by molar-refractivity contribution is -0.132. The average molecular weight is 217 g/mol. The second-order valence-corrected chi connectivity index (χ2v) is 4.44. The van der Waals surface area contributed by atoms with Crippen molar-refractivity contribution in [1.82, 2.24) is 0 Å². The van der Waals surface area contributed by atoms with E-state index < -0.39 is 5.97 Å². The Kier molecular flexibility index (Phi) is 2.18. The first-order valence-electron chi connectivity index (χ1n) is 4.30. The van der Waals surface area contributed by atoms with Gasteiger partial charge in [-0.15, -0.1) is 11.3 Å². The standard InChI is InChI=1S/C11H7NO2S/c1-6-4-7-2-3-8(10(7)15-6)9(5-12)11(13)14/h2-4H,1H3,(H,13,14)/b9-8+. The maximum Gasteiger partial charge on any atom is 0.347 e. The van der Waals surface area contributed by atoms with Gasteiger partial charge in [0.25, 0.3) is 0 Å². The number of hydrogen-bond donors (Lipinski definition) is 1. The molecule has 1 aromatic rings. The van der Waals surface area contributed by atoms with Gasteiger partial charge in [-0.1, -0.05) is 12.2 Å². The second-order valence-electron chi connectivity index (χ2n) is 3.18. The Labute approximate surface area is 90.6 Å². The lowest BCUT2D eigenvalue weighted by Gasteiger charge is -1.96. The van der Waals surface area contributed by atoms with Crippen LogP contribution in [0.4, 0.5) is 0 Å².